The third kappa shape index (κ3) is 845. The van der Waals surface area contributed by atoms with E-state index in [4.69, 9.17) is 0 Å². The van der Waals surface area contributed by atoms with Crippen LogP contribution in [-0.4, -0.2) is 19.5 Å². The van der Waals surface area contributed by atoms with Gasteiger partial charge in [-0.05, 0) is 20.8 Å². The average Bonchev–Trinajstić information content (AvgIpc) is 1.65. The first-order valence-corrected chi connectivity index (χ1v) is 2.61. The van der Waals surface area contributed by atoms with Gasteiger partial charge in [0, 0.05) is 13.7 Å². The van der Waals surface area contributed by atoms with Crippen LogP contribution in [0.3, 0.4) is 0 Å². The topological polar surface area (TPSA) is 26.3 Å². The van der Waals surface area contributed by atoms with E-state index in [9.17, 15) is 4.79 Å². The van der Waals surface area contributed by atoms with Gasteiger partial charge in [-0.1, -0.05) is 14.9 Å². The maximum absolute atomic E-state index is 9.44. The minimum absolute atomic E-state index is 0. The predicted molar refractivity (Wildman–Crippen MR) is 47.4 cm³/mol. The second kappa shape index (κ2) is 23.4. The zero-order chi connectivity index (χ0) is 6.99. The minimum atomic E-state index is 0. The Kier molecular flexibility index (Phi) is 53.0. The molecule has 0 aromatic rings. The fraction of sp³-hybridized carbons (Fsp3) is 0.875. The van der Waals surface area contributed by atoms with Crippen LogP contribution in [0, 0.1) is 0 Å². The van der Waals surface area contributed by atoms with E-state index in [1.165, 1.54) is 13.8 Å². The van der Waals surface area contributed by atoms with Crippen LogP contribution in [0.5, 0.6) is 0 Å². The largest absolute Gasteiger partial charge is 0.385 e. The Labute approximate surface area is 65.6 Å². The molecular weight excluding hydrogens is 128 g/mol. The van der Waals surface area contributed by atoms with Gasteiger partial charge in [0.15, 0.2) is 0 Å². The molecule has 10 heavy (non-hydrogen) atoms. The van der Waals surface area contributed by atoms with E-state index >= 15 is 0 Å². The van der Waals surface area contributed by atoms with E-state index < -0.39 is 0 Å². The molecule has 0 heterocycles. The van der Waals surface area contributed by atoms with E-state index in [0.29, 0.717) is 0 Å². The summed E-state index contributed by atoms with van der Waals surface area (Å²) >= 11 is 0. The van der Waals surface area contributed by atoms with Crippen LogP contribution in [0.4, 0.5) is 0 Å². The van der Waals surface area contributed by atoms with Crippen LogP contribution in [-0.2, 0) is 9.53 Å². The zero-order valence-electron chi connectivity index (χ0n) is 6.02. The van der Waals surface area contributed by atoms with Crippen LogP contribution in [0.25, 0.3) is 0 Å². The molecule has 0 fully saturated rings. The summed E-state index contributed by atoms with van der Waals surface area (Å²) in [4.78, 5) is 9.44. The second-order valence-electron chi connectivity index (χ2n) is 1.49. The molecule has 0 aromatic heterocycles. The lowest BCUT2D eigenvalue weighted by Crippen LogP contribution is -1.73. The summed E-state index contributed by atoms with van der Waals surface area (Å²) in [6.07, 6.45) is 0. The SMILES string of the molecule is C.C.CC(C)=O.CCOC. The smallest absolute Gasteiger partial charge is 0.126 e. The third-order valence-electron chi connectivity index (χ3n) is 0.289. The van der Waals surface area contributed by atoms with Crippen molar-refractivity contribution in [3.05, 3.63) is 0 Å². The molecule has 0 rings (SSSR count). The van der Waals surface area contributed by atoms with Crippen LogP contribution >= 0.6 is 0 Å². The molecule has 0 amide bonds. The lowest BCUT2D eigenvalue weighted by Gasteiger charge is -1.76. The molecule has 0 saturated carbocycles. The summed E-state index contributed by atoms with van der Waals surface area (Å²) in [6.45, 7) is 5.83. The molecule has 0 aliphatic rings. The van der Waals surface area contributed by atoms with Gasteiger partial charge in [-0.3, -0.25) is 0 Å². The standard InChI is InChI=1S/C3H8O.C3H6O.2CH4/c1-3-4-2;1-3(2)4;;/h3H2,1-2H3;1-2H3;2*1H4. The van der Waals surface area contributed by atoms with E-state index in [-0.39, 0.29) is 20.6 Å². The number of ether oxygens (including phenoxy) is 1. The fourth-order valence-corrected chi connectivity index (χ4v) is 0. The number of rotatable bonds is 1. The number of hydrogen-bond donors (Lipinski definition) is 0. The average molecular weight is 150 g/mol. The van der Waals surface area contributed by atoms with E-state index in [1.54, 1.807) is 7.11 Å². The highest BCUT2D eigenvalue weighted by atomic mass is 16.5. The number of ketones is 1. The Balaban J connectivity index is -0.0000000300. The molecule has 0 N–H and O–H groups in total. The van der Waals surface area contributed by atoms with Gasteiger partial charge in [-0.25, -0.2) is 0 Å². The molecule has 66 valence electrons. The van der Waals surface area contributed by atoms with Crippen molar-refractivity contribution >= 4 is 5.78 Å². The molecule has 0 aliphatic heterocycles. The van der Waals surface area contributed by atoms with Gasteiger partial charge in [0.25, 0.3) is 0 Å². The Morgan fingerprint density at radius 3 is 1.40 bits per heavy atom. The summed E-state index contributed by atoms with van der Waals surface area (Å²) in [7, 11) is 1.68. The third-order valence-corrected chi connectivity index (χ3v) is 0.289. The quantitative estimate of drug-likeness (QED) is 0.574. The second-order valence-corrected chi connectivity index (χ2v) is 1.49. The lowest BCUT2D eigenvalue weighted by atomic mass is 10.6. The van der Waals surface area contributed by atoms with Crippen molar-refractivity contribution in [3.63, 3.8) is 0 Å². The minimum Gasteiger partial charge on any atom is -0.385 e. The zero-order valence-corrected chi connectivity index (χ0v) is 6.02. The Bertz CT molecular complexity index is 45.2. The van der Waals surface area contributed by atoms with E-state index in [2.05, 4.69) is 4.74 Å². The van der Waals surface area contributed by atoms with Gasteiger partial charge in [0.1, 0.15) is 5.78 Å². The first kappa shape index (κ1) is 22.6. The predicted octanol–water partition coefficient (Wildman–Crippen LogP) is 2.52. The maximum Gasteiger partial charge on any atom is 0.126 e. The molecule has 2 heteroatoms. The molecule has 0 atom stereocenters. The van der Waals surface area contributed by atoms with Crippen molar-refractivity contribution in [2.75, 3.05) is 13.7 Å². The lowest BCUT2D eigenvalue weighted by molar-refractivity contribution is -0.114. The molecule has 2 nitrogen and oxygen atoms in total. The summed E-state index contributed by atoms with van der Waals surface area (Å²) in [5, 5.41) is 0. The summed E-state index contributed by atoms with van der Waals surface area (Å²) in [6, 6.07) is 0. The normalized spacial score (nSPS) is 5.60. The number of hydrogen-bond acceptors (Lipinski definition) is 2. The van der Waals surface area contributed by atoms with Gasteiger partial charge in [-0.15, -0.1) is 0 Å². The Morgan fingerprint density at radius 2 is 1.40 bits per heavy atom. The molecule has 0 spiro atoms. The molecule has 0 aliphatic carbocycles. The van der Waals surface area contributed by atoms with Gasteiger partial charge < -0.3 is 9.53 Å². The van der Waals surface area contributed by atoms with Gasteiger partial charge in [0.2, 0.25) is 0 Å². The van der Waals surface area contributed by atoms with Crippen LogP contribution in [0.2, 0.25) is 0 Å². The van der Waals surface area contributed by atoms with Crippen molar-refractivity contribution < 1.29 is 9.53 Å². The van der Waals surface area contributed by atoms with Crippen molar-refractivity contribution in [1.29, 1.82) is 0 Å². The first-order valence-electron chi connectivity index (χ1n) is 2.61. The van der Waals surface area contributed by atoms with Crippen molar-refractivity contribution in [2.45, 2.75) is 35.6 Å². The Hall–Kier alpha value is -0.370. The number of carbonyl (C=O) groups excluding carboxylic acids is 1. The number of Topliss-reactive ketones (excluding diaryl/α,β-unsaturated/α-hetero) is 1. The molecule has 0 bridgehead atoms. The van der Waals surface area contributed by atoms with Crippen molar-refractivity contribution in [3.8, 4) is 0 Å². The van der Waals surface area contributed by atoms with Gasteiger partial charge in [0.05, 0.1) is 0 Å². The first-order chi connectivity index (χ1) is 3.65. The molecule has 0 aromatic carbocycles. The van der Waals surface area contributed by atoms with E-state index in [0.717, 1.165) is 6.61 Å². The van der Waals surface area contributed by atoms with Crippen LogP contribution < -0.4 is 0 Å². The number of methoxy groups -OCH3 is 1. The van der Waals surface area contributed by atoms with Gasteiger partial charge >= 0.3 is 0 Å². The molecule has 0 saturated heterocycles. The number of carbonyl (C=O) groups is 1. The molecular formula is C8H22O2. The van der Waals surface area contributed by atoms with Crippen molar-refractivity contribution in [1.82, 2.24) is 0 Å². The molecule has 0 unspecified atom stereocenters. The fourth-order valence-electron chi connectivity index (χ4n) is 0. The van der Waals surface area contributed by atoms with E-state index in [1.807, 2.05) is 6.92 Å². The highest BCUT2D eigenvalue weighted by Crippen LogP contribution is 1.52. The highest BCUT2D eigenvalue weighted by molar-refractivity contribution is 5.72. The Morgan fingerprint density at radius 1 is 1.30 bits per heavy atom. The summed E-state index contributed by atoms with van der Waals surface area (Å²) in [5.74, 6) is 0.167. The highest BCUT2D eigenvalue weighted by Gasteiger charge is 1.62. The summed E-state index contributed by atoms with van der Waals surface area (Å²) < 4.78 is 4.54. The monoisotopic (exact) mass is 150 g/mol. The van der Waals surface area contributed by atoms with Gasteiger partial charge in [-0.2, -0.15) is 0 Å². The molecule has 0 radical (unpaired) electrons. The van der Waals surface area contributed by atoms with Crippen LogP contribution in [0.15, 0.2) is 0 Å². The summed E-state index contributed by atoms with van der Waals surface area (Å²) in [5.41, 5.74) is 0. The van der Waals surface area contributed by atoms with Crippen LogP contribution in [0.1, 0.15) is 35.6 Å². The van der Waals surface area contributed by atoms with Crippen molar-refractivity contribution in [2.24, 2.45) is 0 Å². The maximum atomic E-state index is 9.44.